The first-order chi connectivity index (χ1) is 10.3. The zero-order chi connectivity index (χ0) is 16.4. The summed E-state index contributed by atoms with van der Waals surface area (Å²) in [4.78, 5) is 42.8. The van der Waals surface area contributed by atoms with Gasteiger partial charge in [0.05, 0.1) is 26.0 Å². The maximum atomic E-state index is 11.9. The van der Waals surface area contributed by atoms with Gasteiger partial charge in [-0.25, -0.2) is 4.79 Å². The molecule has 10 nitrogen and oxygen atoms in total. The topological polar surface area (TPSA) is 140 Å². The van der Waals surface area contributed by atoms with Crippen molar-refractivity contribution in [2.75, 3.05) is 26.0 Å². The van der Waals surface area contributed by atoms with Crippen LogP contribution >= 0.6 is 20.5 Å². The molecule has 3 N–H and O–H groups in total. The van der Waals surface area contributed by atoms with Gasteiger partial charge < -0.3 is 19.3 Å². The number of aromatic nitrogens is 2. The molecule has 0 radical (unpaired) electrons. The third-order valence-corrected chi connectivity index (χ3v) is 4.25. The lowest BCUT2D eigenvalue weighted by Gasteiger charge is -2.32. The highest BCUT2D eigenvalue weighted by molar-refractivity contribution is 7.75. The van der Waals surface area contributed by atoms with Gasteiger partial charge in [-0.1, -0.05) is 0 Å². The normalized spacial score (nSPS) is 25.5. The van der Waals surface area contributed by atoms with E-state index in [4.69, 9.17) is 23.4 Å². The van der Waals surface area contributed by atoms with Crippen molar-refractivity contribution < 1.29 is 28.0 Å². The Morgan fingerprint density at radius 2 is 2.27 bits per heavy atom. The lowest BCUT2D eigenvalue weighted by atomic mass is 10.1. The molecule has 0 aliphatic carbocycles. The Kier molecular flexibility index (Phi) is 5.28. The third kappa shape index (κ3) is 3.69. The van der Waals surface area contributed by atoms with Crippen molar-refractivity contribution in [3.63, 3.8) is 0 Å². The number of hydrogen-bond acceptors (Lipinski definition) is 7. The predicted molar refractivity (Wildman–Crippen MR) is 76.8 cm³/mol. The molecule has 2 rings (SSSR count). The van der Waals surface area contributed by atoms with E-state index in [2.05, 4.69) is 17.9 Å². The van der Waals surface area contributed by atoms with E-state index in [1.165, 1.54) is 6.20 Å². The van der Waals surface area contributed by atoms with Crippen molar-refractivity contribution in [3.05, 3.63) is 33.1 Å². The second kappa shape index (κ2) is 6.67. The highest BCUT2D eigenvalue weighted by Crippen LogP contribution is 2.35. The van der Waals surface area contributed by atoms with Gasteiger partial charge in [0.15, 0.2) is 0 Å². The van der Waals surface area contributed by atoms with Crippen molar-refractivity contribution >= 4 is 20.5 Å². The minimum atomic E-state index is -4.20. The first-order valence-electron chi connectivity index (χ1n) is 6.17. The van der Waals surface area contributed by atoms with E-state index in [0.29, 0.717) is 0 Å². The van der Waals surface area contributed by atoms with Crippen molar-refractivity contribution in [1.82, 2.24) is 9.55 Å². The van der Waals surface area contributed by atoms with E-state index in [9.17, 15) is 14.2 Å². The van der Waals surface area contributed by atoms with Crippen LogP contribution in [0.5, 0.6) is 0 Å². The fourth-order valence-electron chi connectivity index (χ4n) is 2.10. The Morgan fingerprint density at radius 3 is 2.86 bits per heavy atom. The van der Waals surface area contributed by atoms with Gasteiger partial charge in [-0.3, -0.25) is 23.1 Å². The third-order valence-electron chi connectivity index (χ3n) is 3.17. The standard InChI is InChI=1S/C10H15N2O8PS/c13-8-1-2-12(9(14)11-8)10(20-22)6-18-5-7(10)19-3-4-21(15,16)17/h1-2,7,22H,3-6H2,(H,11,13,14)(H2,15,16,17)/t7-,10?/m0/s1. The average Bonchev–Trinajstić information content (AvgIpc) is 2.81. The molecule has 0 bridgehead atoms. The van der Waals surface area contributed by atoms with Gasteiger partial charge in [-0.05, 0) is 12.9 Å². The Hall–Kier alpha value is -0.940. The lowest BCUT2D eigenvalue weighted by molar-refractivity contribution is -0.100. The fourth-order valence-corrected chi connectivity index (χ4v) is 2.70. The molecular weight excluding hydrogens is 339 g/mol. The number of H-pyrrole nitrogens is 1. The fraction of sp³-hybridized carbons (Fsp3) is 0.600. The Bertz CT molecular complexity index is 684. The van der Waals surface area contributed by atoms with Crippen LogP contribution < -0.4 is 11.2 Å². The Balaban J connectivity index is 2.25. The van der Waals surface area contributed by atoms with Crippen LogP contribution in [0.1, 0.15) is 0 Å². The summed E-state index contributed by atoms with van der Waals surface area (Å²) >= 11 is 3.76. The van der Waals surface area contributed by atoms with Crippen LogP contribution in [0.25, 0.3) is 0 Å². The van der Waals surface area contributed by atoms with E-state index in [-0.39, 0.29) is 19.8 Å². The summed E-state index contributed by atoms with van der Waals surface area (Å²) in [5, 5.41) is 0. The monoisotopic (exact) mass is 354 g/mol. The largest absolute Gasteiger partial charge is 0.373 e. The van der Waals surface area contributed by atoms with Gasteiger partial charge in [-0.15, -0.1) is 0 Å². The van der Waals surface area contributed by atoms with Crippen molar-refractivity contribution in [2.24, 2.45) is 0 Å². The highest BCUT2D eigenvalue weighted by atomic mass is 32.1. The van der Waals surface area contributed by atoms with Gasteiger partial charge in [0, 0.05) is 12.3 Å². The first kappa shape index (κ1) is 17.4. The molecule has 1 aliphatic rings. The second-order valence-corrected chi connectivity index (χ2v) is 6.64. The molecule has 1 aromatic rings. The smallest absolute Gasteiger partial charge is 0.330 e. The van der Waals surface area contributed by atoms with Crippen molar-refractivity contribution in [2.45, 2.75) is 11.8 Å². The molecular formula is C10H15N2O8PS. The van der Waals surface area contributed by atoms with Crippen molar-refractivity contribution in [1.29, 1.82) is 0 Å². The minimum Gasteiger partial charge on any atom is -0.373 e. The number of aromatic amines is 1. The van der Waals surface area contributed by atoms with Gasteiger partial charge in [0.25, 0.3) is 5.56 Å². The molecule has 0 amide bonds. The van der Waals surface area contributed by atoms with Crippen LogP contribution in [0.3, 0.4) is 0 Å². The van der Waals surface area contributed by atoms with Crippen LogP contribution in [0.15, 0.2) is 21.9 Å². The van der Waals surface area contributed by atoms with E-state index < -0.39 is 36.8 Å². The van der Waals surface area contributed by atoms with E-state index >= 15 is 0 Å². The molecule has 124 valence electrons. The summed E-state index contributed by atoms with van der Waals surface area (Å²) < 4.78 is 27.6. The average molecular weight is 354 g/mol. The number of rotatable bonds is 6. The Labute approximate surface area is 129 Å². The van der Waals surface area contributed by atoms with E-state index in [1.807, 2.05) is 0 Å². The molecule has 1 aliphatic heterocycles. The molecule has 0 spiro atoms. The van der Waals surface area contributed by atoms with Crippen LogP contribution in [-0.2, 0) is 23.9 Å². The summed E-state index contributed by atoms with van der Waals surface area (Å²) in [7, 11) is -4.20. The molecule has 1 aromatic heterocycles. The quantitative estimate of drug-likeness (QED) is 0.279. The molecule has 0 aromatic carbocycles. The highest BCUT2D eigenvalue weighted by Gasteiger charge is 2.49. The number of nitrogens with zero attached hydrogens (tertiary/aromatic N) is 1. The van der Waals surface area contributed by atoms with Crippen LogP contribution in [0.2, 0.25) is 0 Å². The van der Waals surface area contributed by atoms with Gasteiger partial charge in [0.1, 0.15) is 6.10 Å². The molecule has 2 atom stereocenters. The summed E-state index contributed by atoms with van der Waals surface area (Å²) in [5.41, 5.74) is -2.76. The van der Waals surface area contributed by atoms with Crippen LogP contribution in [-0.4, -0.2) is 51.4 Å². The SMILES string of the molecule is O=c1ccn(C2(OS)COC[C@@H]2OCCP(=O)(O)O)c(=O)[nH]1. The predicted octanol–water partition coefficient (Wildman–Crippen LogP) is -1.36. The number of nitrogens with one attached hydrogen (secondary N) is 1. The summed E-state index contributed by atoms with van der Waals surface area (Å²) in [6, 6.07) is 1.13. The van der Waals surface area contributed by atoms with Gasteiger partial charge >= 0.3 is 13.3 Å². The Morgan fingerprint density at radius 1 is 1.55 bits per heavy atom. The zero-order valence-corrected chi connectivity index (χ0v) is 13.0. The molecule has 1 fully saturated rings. The molecule has 12 heteroatoms. The van der Waals surface area contributed by atoms with Crippen LogP contribution in [0, 0.1) is 0 Å². The number of ether oxygens (including phenoxy) is 2. The molecule has 22 heavy (non-hydrogen) atoms. The first-order valence-corrected chi connectivity index (χ1v) is 8.34. The molecule has 1 unspecified atom stereocenters. The maximum Gasteiger partial charge on any atom is 0.330 e. The van der Waals surface area contributed by atoms with Crippen LogP contribution in [0.4, 0.5) is 0 Å². The van der Waals surface area contributed by atoms with E-state index in [0.717, 1.165) is 10.6 Å². The molecule has 1 saturated heterocycles. The number of thiol groups is 1. The summed E-state index contributed by atoms with van der Waals surface area (Å²) in [6.07, 6.45) is -0.0990. The minimum absolute atomic E-state index is 0.0350. The summed E-state index contributed by atoms with van der Waals surface area (Å²) in [5.74, 6) is 0. The molecule has 2 heterocycles. The lowest BCUT2D eigenvalue weighted by Crippen LogP contribution is -2.52. The van der Waals surface area contributed by atoms with Crippen molar-refractivity contribution in [3.8, 4) is 0 Å². The maximum absolute atomic E-state index is 11.9. The van der Waals surface area contributed by atoms with E-state index in [1.54, 1.807) is 0 Å². The summed E-state index contributed by atoms with van der Waals surface area (Å²) in [6.45, 7) is -0.300. The van der Waals surface area contributed by atoms with Gasteiger partial charge in [0.2, 0.25) is 5.72 Å². The number of hydrogen-bond donors (Lipinski definition) is 4. The zero-order valence-electron chi connectivity index (χ0n) is 11.2. The molecule has 0 saturated carbocycles. The second-order valence-electron chi connectivity index (χ2n) is 4.68. The van der Waals surface area contributed by atoms with Gasteiger partial charge in [-0.2, -0.15) is 0 Å².